The zero-order valence-corrected chi connectivity index (χ0v) is 11.0. The summed E-state index contributed by atoms with van der Waals surface area (Å²) in [4.78, 5) is 5.83. The van der Waals surface area contributed by atoms with E-state index >= 15 is 0 Å². The van der Waals surface area contributed by atoms with Crippen molar-refractivity contribution in [2.45, 2.75) is 12.5 Å². The molecule has 96 valence electrons. The lowest BCUT2D eigenvalue weighted by molar-refractivity contribution is -0.0648. The van der Waals surface area contributed by atoms with E-state index in [2.05, 4.69) is 42.5 Å². The van der Waals surface area contributed by atoms with E-state index in [1.165, 1.54) is 5.56 Å². The van der Waals surface area contributed by atoms with Crippen molar-refractivity contribution >= 4 is 5.76 Å². The van der Waals surface area contributed by atoms with Crippen molar-refractivity contribution in [1.82, 2.24) is 5.06 Å². The maximum absolute atomic E-state index is 5.83. The van der Waals surface area contributed by atoms with Gasteiger partial charge in [-0.1, -0.05) is 60.7 Å². The van der Waals surface area contributed by atoms with Crippen LogP contribution in [0.3, 0.4) is 0 Å². The number of benzene rings is 2. The molecule has 0 saturated heterocycles. The maximum Gasteiger partial charge on any atom is 0.152 e. The standard InChI is InChI=1S/C17H17NO/c1-18-16(12-14-8-4-2-5-9-14)13-17(19-18)15-10-6-3-7-11-15/h2-11,13,16H,12H2,1H3. The molecule has 0 aliphatic carbocycles. The van der Waals surface area contributed by atoms with E-state index in [1.54, 1.807) is 0 Å². The van der Waals surface area contributed by atoms with Crippen LogP contribution in [0.4, 0.5) is 0 Å². The van der Waals surface area contributed by atoms with Crippen molar-refractivity contribution in [3.63, 3.8) is 0 Å². The summed E-state index contributed by atoms with van der Waals surface area (Å²) in [6.07, 6.45) is 3.16. The highest BCUT2D eigenvalue weighted by atomic mass is 16.7. The van der Waals surface area contributed by atoms with Gasteiger partial charge in [-0.25, -0.2) is 0 Å². The Balaban J connectivity index is 1.78. The zero-order chi connectivity index (χ0) is 13.1. The minimum Gasteiger partial charge on any atom is -0.405 e. The van der Waals surface area contributed by atoms with Crippen molar-refractivity contribution in [3.05, 3.63) is 77.9 Å². The number of hydrogen-bond donors (Lipinski definition) is 0. The van der Waals surface area contributed by atoms with Gasteiger partial charge in [0.1, 0.15) is 0 Å². The Bertz CT molecular complexity index is 562. The minimum atomic E-state index is 0.289. The molecule has 1 unspecified atom stereocenters. The second kappa shape index (κ2) is 5.29. The first-order chi connectivity index (χ1) is 9.33. The van der Waals surface area contributed by atoms with Gasteiger partial charge in [0, 0.05) is 12.6 Å². The zero-order valence-electron chi connectivity index (χ0n) is 11.0. The number of nitrogens with zero attached hydrogens (tertiary/aromatic N) is 1. The van der Waals surface area contributed by atoms with Crippen LogP contribution in [0.25, 0.3) is 5.76 Å². The Morgan fingerprint density at radius 3 is 2.26 bits per heavy atom. The van der Waals surface area contributed by atoms with Gasteiger partial charge < -0.3 is 4.84 Å². The van der Waals surface area contributed by atoms with Gasteiger partial charge in [0.25, 0.3) is 0 Å². The van der Waals surface area contributed by atoms with Gasteiger partial charge in [-0.05, 0) is 18.1 Å². The highest BCUT2D eigenvalue weighted by Gasteiger charge is 2.24. The molecule has 19 heavy (non-hydrogen) atoms. The summed E-state index contributed by atoms with van der Waals surface area (Å²) in [6, 6.07) is 21.0. The van der Waals surface area contributed by atoms with Gasteiger partial charge in [0.05, 0.1) is 6.04 Å². The summed E-state index contributed by atoms with van der Waals surface area (Å²) in [5.41, 5.74) is 2.46. The number of rotatable bonds is 3. The van der Waals surface area contributed by atoms with Crippen LogP contribution in [0.15, 0.2) is 66.7 Å². The summed E-state index contributed by atoms with van der Waals surface area (Å²) in [5.74, 6) is 0.948. The molecule has 1 heterocycles. The first-order valence-electron chi connectivity index (χ1n) is 6.55. The lowest BCUT2D eigenvalue weighted by Crippen LogP contribution is -2.26. The second-order valence-electron chi connectivity index (χ2n) is 4.79. The third-order valence-corrected chi connectivity index (χ3v) is 3.40. The average molecular weight is 251 g/mol. The molecule has 0 bridgehead atoms. The summed E-state index contributed by atoms with van der Waals surface area (Å²) < 4.78 is 0. The van der Waals surface area contributed by atoms with E-state index in [4.69, 9.17) is 4.84 Å². The molecule has 0 saturated carbocycles. The van der Waals surface area contributed by atoms with E-state index in [0.29, 0.717) is 0 Å². The molecule has 1 aliphatic rings. The largest absolute Gasteiger partial charge is 0.405 e. The average Bonchev–Trinajstić information content (AvgIpc) is 2.82. The third kappa shape index (κ3) is 2.69. The second-order valence-corrected chi connectivity index (χ2v) is 4.79. The molecule has 0 radical (unpaired) electrons. The van der Waals surface area contributed by atoms with Gasteiger partial charge in [0.2, 0.25) is 0 Å². The lowest BCUT2D eigenvalue weighted by atomic mass is 10.0. The van der Waals surface area contributed by atoms with Gasteiger partial charge in [-0.3, -0.25) is 0 Å². The fourth-order valence-electron chi connectivity index (χ4n) is 2.33. The van der Waals surface area contributed by atoms with Gasteiger partial charge in [0.15, 0.2) is 5.76 Å². The number of likely N-dealkylation sites (N-methyl/N-ethyl adjacent to an activating group) is 1. The van der Waals surface area contributed by atoms with E-state index in [1.807, 2.05) is 36.4 Å². The van der Waals surface area contributed by atoms with Crippen molar-refractivity contribution in [3.8, 4) is 0 Å². The van der Waals surface area contributed by atoms with Crippen LogP contribution in [0.1, 0.15) is 11.1 Å². The van der Waals surface area contributed by atoms with Crippen LogP contribution in [-0.2, 0) is 11.3 Å². The van der Waals surface area contributed by atoms with Gasteiger partial charge in [-0.15, -0.1) is 5.06 Å². The molecule has 0 aromatic heterocycles. The van der Waals surface area contributed by atoms with Crippen LogP contribution in [-0.4, -0.2) is 18.2 Å². The Labute approximate surface area is 113 Å². The quantitative estimate of drug-likeness (QED) is 0.827. The third-order valence-electron chi connectivity index (χ3n) is 3.40. The van der Waals surface area contributed by atoms with Crippen LogP contribution >= 0.6 is 0 Å². The molecule has 2 heteroatoms. The van der Waals surface area contributed by atoms with Gasteiger partial charge in [-0.2, -0.15) is 0 Å². The predicted octanol–water partition coefficient (Wildman–Crippen LogP) is 3.52. The van der Waals surface area contributed by atoms with E-state index in [-0.39, 0.29) is 6.04 Å². The Hall–Kier alpha value is -2.06. The van der Waals surface area contributed by atoms with E-state index in [0.717, 1.165) is 17.7 Å². The van der Waals surface area contributed by atoms with Crippen LogP contribution < -0.4 is 0 Å². The van der Waals surface area contributed by atoms with Gasteiger partial charge >= 0.3 is 0 Å². The summed E-state index contributed by atoms with van der Waals surface area (Å²) in [7, 11) is 1.99. The van der Waals surface area contributed by atoms with Crippen molar-refractivity contribution in [1.29, 1.82) is 0 Å². The monoisotopic (exact) mass is 251 g/mol. The molecular weight excluding hydrogens is 234 g/mol. The van der Waals surface area contributed by atoms with Crippen molar-refractivity contribution in [2.75, 3.05) is 7.05 Å². The smallest absolute Gasteiger partial charge is 0.152 e. The fourth-order valence-corrected chi connectivity index (χ4v) is 2.33. The maximum atomic E-state index is 5.83. The van der Waals surface area contributed by atoms with Crippen molar-refractivity contribution in [2.24, 2.45) is 0 Å². The van der Waals surface area contributed by atoms with Crippen LogP contribution in [0.2, 0.25) is 0 Å². The van der Waals surface area contributed by atoms with E-state index < -0.39 is 0 Å². The molecule has 2 nitrogen and oxygen atoms in total. The summed E-state index contributed by atoms with van der Waals surface area (Å²) in [5, 5.41) is 1.93. The normalized spacial score (nSPS) is 19.0. The molecule has 0 amide bonds. The highest BCUT2D eigenvalue weighted by Crippen LogP contribution is 2.26. The van der Waals surface area contributed by atoms with Crippen LogP contribution in [0, 0.1) is 0 Å². The molecule has 2 aromatic rings. The summed E-state index contributed by atoms with van der Waals surface area (Å²) in [6.45, 7) is 0. The first kappa shape index (κ1) is 12.0. The Kier molecular flexibility index (Phi) is 3.34. The first-order valence-corrected chi connectivity index (χ1v) is 6.55. The fraction of sp³-hybridized carbons (Fsp3) is 0.176. The summed E-state index contributed by atoms with van der Waals surface area (Å²) >= 11 is 0. The van der Waals surface area contributed by atoms with E-state index in [9.17, 15) is 0 Å². The molecular formula is C17H17NO. The number of hydroxylamine groups is 2. The predicted molar refractivity (Wildman–Crippen MR) is 77.2 cm³/mol. The molecule has 0 N–H and O–H groups in total. The topological polar surface area (TPSA) is 12.5 Å². The molecule has 0 fully saturated rings. The molecule has 1 atom stereocenters. The molecule has 1 aliphatic heterocycles. The SMILES string of the molecule is CN1OC(c2ccccc2)=CC1Cc1ccccc1. The minimum absolute atomic E-state index is 0.289. The van der Waals surface area contributed by atoms with Crippen molar-refractivity contribution < 1.29 is 4.84 Å². The Morgan fingerprint density at radius 2 is 1.58 bits per heavy atom. The lowest BCUT2D eigenvalue weighted by Gasteiger charge is -2.18. The molecule has 0 spiro atoms. The highest BCUT2D eigenvalue weighted by molar-refractivity contribution is 5.61. The number of hydrogen-bond acceptors (Lipinski definition) is 2. The van der Waals surface area contributed by atoms with Crippen LogP contribution in [0.5, 0.6) is 0 Å². The molecule has 2 aromatic carbocycles. The molecule has 3 rings (SSSR count). The Morgan fingerprint density at radius 1 is 0.947 bits per heavy atom.